The largest absolute Gasteiger partial charge is 0.368 e. The van der Waals surface area contributed by atoms with E-state index < -0.39 is 0 Å². The maximum absolute atomic E-state index is 12.9. The molecule has 1 aromatic heterocycles. The number of nitrogens with zero attached hydrogens (tertiary/aromatic N) is 4. The number of hydrogen-bond acceptors (Lipinski definition) is 5. The van der Waals surface area contributed by atoms with E-state index in [9.17, 15) is 9.59 Å². The van der Waals surface area contributed by atoms with Crippen molar-refractivity contribution in [2.24, 2.45) is 5.92 Å². The van der Waals surface area contributed by atoms with Crippen molar-refractivity contribution in [2.75, 3.05) is 31.1 Å². The third-order valence-corrected chi connectivity index (χ3v) is 7.90. The zero-order chi connectivity index (χ0) is 22.1. The SMILES string of the molecule is Cc1nc(C2CCN(C(=O)[C@H]3CCCO3)CC2)nc2c1CCC(=O)N2CC1CCCCC1. The molecule has 0 N–H and O–H groups in total. The molecule has 1 aliphatic carbocycles. The second kappa shape index (κ2) is 9.46. The second-order valence-corrected chi connectivity index (χ2v) is 10.1. The first-order valence-corrected chi connectivity index (χ1v) is 12.7. The van der Waals surface area contributed by atoms with Crippen molar-refractivity contribution in [2.45, 2.75) is 89.6 Å². The summed E-state index contributed by atoms with van der Waals surface area (Å²) in [6.07, 6.45) is 10.9. The van der Waals surface area contributed by atoms with Gasteiger partial charge in [-0.1, -0.05) is 19.3 Å². The summed E-state index contributed by atoms with van der Waals surface area (Å²) in [5.41, 5.74) is 2.17. The van der Waals surface area contributed by atoms with Gasteiger partial charge in [0.05, 0.1) is 0 Å². The maximum atomic E-state index is 12.9. The molecule has 5 rings (SSSR count). The Labute approximate surface area is 190 Å². The number of rotatable bonds is 4. The van der Waals surface area contributed by atoms with Crippen LogP contribution >= 0.6 is 0 Å². The van der Waals surface area contributed by atoms with E-state index in [0.717, 1.165) is 74.6 Å². The van der Waals surface area contributed by atoms with Crippen LogP contribution in [0, 0.1) is 12.8 Å². The van der Waals surface area contributed by atoms with Crippen LogP contribution in [0.15, 0.2) is 0 Å². The molecule has 1 aromatic rings. The van der Waals surface area contributed by atoms with Gasteiger partial charge in [-0.25, -0.2) is 9.97 Å². The molecule has 0 unspecified atom stereocenters. The van der Waals surface area contributed by atoms with Crippen LogP contribution in [0.25, 0.3) is 0 Å². The van der Waals surface area contributed by atoms with Crippen molar-refractivity contribution in [3.63, 3.8) is 0 Å². The van der Waals surface area contributed by atoms with Gasteiger partial charge in [0.25, 0.3) is 5.91 Å². The highest BCUT2D eigenvalue weighted by Gasteiger charge is 2.34. The molecule has 0 spiro atoms. The minimum Gasteiger partial charge on any atom is -0.368 e. The highest BCUT2D eigenvalue weighted by molar-refractivity contribution is 5.95. The molecule has 0 aromatic carbocycles. The van der Waals surface area contributed by atoms with E-state index in [-0.39, 0.29) is 23.8 Å². The van der Waals surface area contributed by atoms with Gasteiger partial charge in [0.2, 0.25) is 5.91 Å². The molecule has 32 heavy (non-hydrogen) atoms. The van der Waals surface area contributed by atoms with Gasteiger partial charge in [-0.15, -0.1) is 0 Å². The minimum atomic E-state index is -0.242. The van der Waals surface area contributed by atoms with Gasteiger partial charge in [-0.05, 0) is 57.8 Å². The fourth-order valence-electron chi connectivity index (χ4n) is 5.94. The molecule has 7 nitrogen and oxygen atoms in total. The van der Waals surface area contributed by atoms with Crippen molar-refractivity contribution >= 4 is 17.6 Å². The van der Waals surface area contributed by atoms with Crippen LogP contribution < -0.4 is 4.90 Å². The molecule has 7 heteroatoms. The van der Waals surface area contributed by atoms with Crippen LogP contribution in [0.4, 0.5) is 5.82 Å². The first-order valence-electron chi connectivity index (χ1n) is 12.7. The predicted octanol–water partition coefficient (Wildman–Crippen LogP) is 3.53. The van der Waals surface area contributed by atoms with Gasteiger partial charge in [0.1, 0.15) is 17.7 Å². The standard InChI is InChI=1S/C25H36N4O3/c1-17-20-9-10-22(30)29(16-18-6-3-2-4-7-18)24(20)27-23(26-17)19-11-13-28(14-12-19)25(31)21-8-5-15-32-21/h18-19,21H,2-16H2,1H3/t21-/m1/s1. The van der Waals surface area contributed by atoms with Gasteiger partial charge in [-0.2, -0.15) is 0 Å². The number of anilines is 1. The zero-order valence-corrected chi connectivity index (χ0v) is 19.4. The number of amides is 2. The van der Waals surface area contributed by atoms with Crippen LogP contribution in [0.2, 0.25) is 0 Å². The van der Waals surface area contributed by atoms with Gasteiger partial charge < -0.3 is 9.64 Å². The summed E-state index contributed by atoms with van der Waals surface area (Å²) in [7, 11) is 0. The van der Waals surface area contributed by atoms with Gasteiger partial charge in [0.15, 0.2) is 0 Å². The van der Waals surface area contributed by atoms with E-state index in [1.165, 1.54) is 32.1 Å². The summed E-state index contributed by atoms with van der Waals surface area (Å²) < 4.78 is 5.59. The lowest BCUT2D eigenvalue weighted by atomic mass is 9.88. The third kappa shape index (κ3) is 4.41. The number of likely N-dealkylation sites (tertiary alicyclic amines) is 1. The Bertz CT molecular complexity index is 853. The number of carbonyl (C=O) groups is 2. The molecular weight excluding hydrogens is 404 g/mol. The van der Waals surface area contributed by atoms with Crippen molar-refractivity contribution in [1.82, 2.24) is 14.9 Å². The lowest BCUT2D eigenvalue weighted by Crippen LogP contribution is -2.44. The van der Waals surface area contributed by atoms with E-state index >= 15 is 0 Å². The van der Waals surface area contributed by atoms with Crippen molar-refractivity contribution in [1.29, 1.82) is 0 Å². The molecule has 1 atom stereocenters. The molecule has 1 saturated carbocycles. The highest BCUT2D eigenvalue weighted by atomic mass is 16.5. The van der Waals surface area contributed by atoms with Crippen LogP contribution in [0.1, 0.15) is 87.2 Å². The van der Waals surface area contributed by atoms with Gasteiger partial charge in [-0.3, -0.25) is 14.5 Å². The minimum absolute atomic E-state index is 0.146. The number of carbonyl (C=O) groups excluding carboxylic acids is 2. The number of piperidine rings is 1. The van der Waals surface area contributed by atoms with Crippen molar-refractivity contribution < 1.29 is 14.3 Å². The molecular formula is C25H36N4O3. The van der Waals surface area contributed by atoms with Crippen LogP contribution in [-0.4, -0.2) is 59.0 Å². The molecule has 2 saturated heterocycles. The lowest BCUT2D eigenvalue weighted by Gasteiger charge is -2.35. The van der Waals surface area contributed by atoms with Gasteiger partial charge in [0, 0.05) is 49.8 Å². The molecule has 0 radical (unpaired) electrons. The lowest BCUT2D eigenvalue weighted by molar-refractivity contribution is -0.142. The van der Waals surface area contributed by atoms with Gasteiger partial charge >= 0.3 is 0 Å². The number of hydrogen-bond donors (Lipinski definition) is 0. The summed E-state index contributed by atoms with van der Waals surface area (Å²) in [5, 5.41) is 0. The van der Waals surface area contributed by atoms with E-state index in [2.05, 4.69) is 6.92 Å². The van der Waals surface area contributed by atoms with Crippen molar-refractivity contribution in [3.8, 4) is 0 Å². The first kappa shape index (κ1) is 21.8. The molecule has 4 aliphatic rings. The quantitative estimate of drug-likeness (QED) is 0.716. The predicted molar refractivity (Wildman–Crippen MR) is 122 cm³/mol. The molecule has 0 bridgehead atoms. The fourth-order valence-corrected chi connectivity index (χ4v) is 5.94. The Kier molecular flexibility index (Phi) is 6.44. The summed E-state index contributed by atoms with van der Waals surface area (Å²) in [4.78, 5) is 39.4. The van der Waals surface area contributed by atoms with E-state index in [0.29, 0.717) is 18.9 Å². The van der Waals surface area contributed by atoms with Crippen LogP contribution in [0.5, 0.6) is 0 Å². The second-order valence-electron chi connectivity index (χ2n) is 10.1. The first-order chi connectivity index (χ1) is 15.6. The van der Waals surface area contributed by atoms with E-state index in [4.69, 9.17) is 14.7 Å². The fraction of sp³-hybridized carbons (Fsp3) is 0.760. The Hall–Kier alpha value is -2.02. The molecule has 3 fully saturated rings. The molecule has 4 heterocycles. The summed E-state index contributed by atoms with van der Waals surface area (Å²) in [6, 6.07) is 0. The third-order valence-electron chi connectivity index (χ3n) is 7.90. The summed E-state index contributed by atoms with van der Waals surface area (Å²) >= 11 is 0. The monoisotopic (exact) mass is 440 g/mol. The Balaban J connectivity index is 1.31. The Morgan fingerprint density at radius 3 is 2.50 bits per heavy atom. The summed E-state index contributed by atoms with van der Waals surface area (Å²) in [6.45, 7) is 5.02. The number of ether oxygens (including phenoxy) is 1. The Morgan fingerprint density at radius 1 is 1.00 bits per heavy atom. The zero-order valence-electron chi connectivity index (χ0n) is 19.4. The smallest absolute Gasteiger partial charge is 0.251 e. The number of aromatic nitrogens is 2. The van der Waals surface area contributed by atoms with E-state index in [1.54, 1.807) is 0 Å². The van der Waals surface area contributed by atoms with Crippen molar-refractivity contribution in [3.05, 3.63) is 17.1 Å². The summed E-state index contributed by atoms with van der Waals surface area (Å²) in [5.74, 6) is 2.91. The normalized spacial score (nSPS) is 25.3. The topological polar surface area (TPSA) is 75.6 Å². The van der Waals surface area contributed by atoms with E-state index in [1.807, 2.05) is 9.80 Å². The molecule has 3 aliphatic heterocycles. The van der Waals surface area contributed by atoms with Crippen LogP contribution in [-0.2, 0) is 20.7 Å². The average molecular weight is 441 g/mol. The number of fused-ring (bicyclic) bond motifs is 1. The Morgan fingerprint density at radius 2 is 1.78 bits per heavy atom. The molecule has 2 amide bonds. The number of aryl methyl sites for hydroxylation is 1. The highest BCUT2D eigenvalue weighted by Crippen LogP contribution is 2.35. The van der Waals surface area contributed by atoms with Crippen LogP contribution in [0.3, 0.4) is 0 Å². The maximum Gasteiger partial charge on any atom is 0.251 e. The molecule has 174 valence electrons. The average Bonchev–Trinajstić information content (AvgIpc) is 3.36.